The van der Waals surface area contributed by atoms with Crippen LogP contribution in [-0.4, -0.2) is 35.1 Å². The van der Waals surface area contributed by atoms with Crippen LogP contribution >= 0.6 is 0 Å². The summed E-state index contributed by atoms with van der Waals surface area (Å²) in [7, 11) is 3.09. The van der Waals surface area contributed by atoms with Gasteiger partial charge in [0.2, 0.25) is 0 Å². The molecule has 8 nitrogen and oxygen atoms in total. The largest absolute Gasteiger partial charge is 0.497 e. The molecule has 1 amide bonds. The number of carbonyl (C=O) groups is 1. The van der Waals surface area contributed by atoms with Gasteiger partial charge in [0.15, 0.2) is 0 Å². The first-order valence-corrected chi connectivity index (χ1v) is 8.61. The van der Waals surface area contributed by atoms with Crippen molar-refractivity contribution in [1.82, 2.24) is 15.0 Å². The average molecular weight is 379 g/mol. The molecule has 2 aromatic heterocycles. The predicted octanol–water partition coefficient (Wildman–Crippen LogP) is 3.06. The van der Waals surface area contributed by atoms with E-state index in [0.29, 0.717) is 35.4 Å². The van der Waals surface area contributed by atoms with Gasteiger partial charge in [0, 0.05) is 31.1 Å². The molecule has 8 heteroatoms. The summed E-state index contributed by atoms with van der Waals surface area (Å²) in [5.74, 6) is 1.83. The molecule has 0 spiro atoms. The van der Waals surface area contributed by atoms with Gasteiger partial charge in [-0.05, 0) is 36.8 Å². The second kappa shape index (κ2) is 8.81. The number of anilines is 2. The number of ether oxygens (including phenoxy) is 2. The van der Waals surface area contributed by atoms with Crippen LogP contribution in [0.5, 0.6) is 11.5 Å². The third-order valence-electron chi connectivity index (χ3n) is 3.95. The summed E-state index contributed by atoms with van der Waals surface area (Å²) in [5, 5.41) is 6.01. The molecule has 0 radical (unpaired) electrons. The van der Waals surface area contributed by atoms with Crippen molar-refractivity contribution in [2.45, 2.75) is 13.5 Å². The van der Waals surface area contributed by atoms with E-state index in [4.69, 9.17) is 9.47 Å². The van der Waals surface area contributed by atoms with Crippen molar-refractivity contribution in [3.05, 3.63) is 65.9 Å². The van der Waals surface area contributed by atoms with Crippen molar-refractivity contribution >= 4 is 17.4 Å². The lowest BCUT2D eigenvalue weighted by molar-refractivity contribution is 0.102. The highest BCUT2D eigenvalue weighted by Crippen LogP contribution is 2.29. The summed E-state index contributed by atoms with van der Waals surface area (Å²) in [4.78, 5) is 25.3. The Labute approximate surface area is 163 Å². The molecule has 0 aliphatic heterocycles. The van der Waals surface area contributed by atoms with Gasteiger partial charge in [-0.25, -0.2) is 9.97 Å². The molecule has 2 heterocycles. The molecule has 2 N–H and O–H groups in total. The molecule has 3 aromatic rings. The van der Waals surface area contributed by atoms with Crippen molar-refractivity contribution in [1.29, 1.82) is 0 Å². The van der Waals surface area contributed by atoms with Crippen LogP contribution in [0.2, 0.25) is 0 Å². The Bertz CT molecular complexity index is 963. The number of methoxy groups -OCH3 is 2. The SMILES string of the molecule is COc1ccc(NC(=O)c2cc(NCc3ccncc3)nc(C)n2)c(OC)c1. The predicted molar refractivity (Wildman–Crippen MR) is 106 cm³/mol. The molecule has 0 aliphatic rings. The number of benzene rings is 1. The second-order valence-electron chi connectivity index (χ2n) is 5.91. The number of pyridine rings is 1. The third kappa shape index (κ3) is 4.73. The minimum Gasteiger partial charge on any atom is -0.497 e. The molecule has 144 valence electrons. The van der Waals surface area contributed by atoms with Crippen LogP contribution in [0.15, 0.2) is 48.8 Å². The number of carbonyl (C=O) groups excluding carboxylic acids is 1. The van der Waals surface area contributed by atoms with Crippen molar-refractivity contribution < 1.29 is 14.3 Å². The summed E-state index contributed by atoms with van der Waals surface area (Å²) in [5.41, 5.74) is 1.83. The van der Waals surface area contributed by atoms with Crippen molar-refractivity contribution in [3.63, 3.8) is 0 Å². The molecule has 0 unspecified atom stereocenters. The Morgan fingerprint density at radius 1 is 1.04 bits per heavy atom. The molecule has 0 bridgehead atoms. The van der Waals surface area contributed by atoms with Crippen LogP contribution in [0, 0.1) is 6.92 Å². The van der Waals surface area contributed by atoms with Crippen LogP contribution in [-0.2, 0) is 6.54 Å². The summed E-state index contributed by atoms with van der Waals surface area (Å²) in [6, 6.07) is 10.6. The van der Waals surface area contributed by atoms with E-state index in [9.17, 15) is 4.79 Å². The van der Waals surface area contributed by atoms with Crippen molar-refractivity contribution in [2.24, 2.45) is 0 Å². The fourth-order valence-corrected chi connectivity index (χ4v) is 2.56. The van der Waals surface area contributed by atoms with E-state index >= 15 is 0 Å². The number of hydrogen-bond donors (Lipinski definition) is 2. The van der Waals surface area contributed by atoms with Crippen LogP contribution < -0.4 is 20.1 Å². The standard InChI is InChI=1S/C20H21N5O3/c1-13-23-17(11-19(24-13)22-12-14-6-8-21-9-7-14)20(26)25-16-5-4-15(27-2)10-18(16)28-3/h4-11H,12H2,1-3H3,(H,25,26)(H,22,23,24). The highest BCUT2D eigenvalue weighted by Gasteiger charge is 2.14. The molecule has 0 aliphatic carbocycles. The van der Waals surface area contributed by atoms with E-state index in [1.165, 1.54) is 7.11 Å². The number of rotatable bonds is 7. The van der Waals surface area contributed by atoms with E-state index in [-0.39, 0.29) is 11.6 Å². The summed E-state index contributed by atoms with van der Waals surface area (Å²) >= 11 is 0. The first-order chi connectivity index (χ1) is 13.6. The zero-order valence-corrected chi connectivity index (χ0v) is 15.9. The Balaban J connectivity index is 1.76. The Kier molecular flexibility index (Phi) is 6.01. The van der Waals surface area contributed by atoms with Gasteiger partial charge in [0.1, 0.15) is 28.8 Å². The molecular weight excluding hydrogens is 358 g/mol. The summed E-state index contributed by atoms with van der Waals surface area (Å²) in [6.45, 7) is 2.30. The lowest BCUT2D eigenvalue weighted by Crippen LogP contribution is -2.16. The number of nitrogens with one attached hydrogen (secondary N) is 2. The van der Waals surface area contributed by atoms with E-state index in [1.54, 1.807) is 50.7 Å². The highest BCUT2D eigenvalue weighted by molar-refractivity contribution is 6.04. The smallest absolute Gasteiger partial charge is 0.274 e. The Morgan fingerprint density at radius 3 is 2.54 bits per heavy atom. The average Bonchev–Trinajstić information content (AvgIpc) is 2.73. The van der Waals surface area contributed by atoms with Gasteiger partial charge in [-0.1, -0.05) is 0 Å². The van der Waals surface area contributed by atoms with Gasteiger partial charge in [-0.15, -0.1) is 0 Å². The molecule has 28 heavy (non-hydrogen) atoms. The third-order valence-corrected chi connectivity index (χ3v) is 3.95. The molecule has 0 fully saturated rings. The number of amides is 1. The zero-order valence-electron chi connectivity index (χ0n) is 15.9. The van der Waals surface area contributed by atoms with Gasteiger partial charge >= 0.3 is 0 Å². The van der Waals surface area contributed by atoms with Gasteiger partial charge in [-0.2, -0.15) is 0 Å². The quantitative estimate of drug-likeness (QED) is 0.651. The summed E-state index contributed by atoms with van der Waals surface area (Å²) < 4.78 is 10.5. The number of aryl methyl sites for hydroxylation is 1. The maximum Gasteiger partial charge on any atom is 0.274 e. The van der Waals surface area contributed by atoms with E-state index in [2.05, 4.69) is 25.6 Å². The van der Waals surface area contributed by atoms with Gasteiger partial charge < -0.3 is 20.1 Å². The molecule has 0 saturated heterocycles. The number of aromatic nitrogens is 3. The topological polar surface area (TPSA) is 98.3 Å². The number of nitrogens with zero attached hydrogens (tertiary/aromatic N) is 3. The zero-order chi connectivity index (χ0) is 19.9. The minimum atomic E-state index is -0.360. The van der Waals surface area contributed by atoms with Gasteiger partial charge in [-0.3, -0.25) is 9.78 Å². The first kappa shape index (κ1) is 19.1. The van der Waals surface area contributed by atoms with E-state index in [1.807, 2.05) is 12.1 Å². The fraction of sp³-hybridized carbons (Fsp3) is 0.200. The van der Waals surface area contributed by atoms with Crippen LogP contribution in [0.3, 0.4) is 0 Å². The first-order valence-electron chi connectivity index (χ1n) is 8.61. The Hall–Kier alpha value is -3.68. The lowest BCUT2D eigenvalue weighted by atomic mass is 10.2. The van der Waals surface area contributed by atoms with E-state index in [0.717, 1.165) is 5.56 Å². The van der Waals surface area contributed by atoms with Crippen LogP contribution in [0.1, 0.15) is 21.9 Å². The minimum absolute atomic E-state index is 0.252. The molecule has 0 atom stereocenters. The lowest BCUT2D eigenvalue weighted by Gasteiger charge is -2.12. The second-order valence-corrected chi connectivity index (χ2v) is 5.91. The molecular formula is C20H21N5O3. The molecule has 3 rings (SSSR count). The van der Waals surface area contributed by atoms with E-state index < -0.39 is 0 Å². The maximum absolute atomic E-state index is 12.7. The number of hydrogen-bond acceptors (Lipinski definition) is 7. The Morgan fingerprint density at radius 2 is 1.82 bits per heavy atom. The normalized spacial score (nSPS) is 10.2. The highest BCUT2D eigenvalue weighted by atomic mass is 16.5. The summed E-state index contributed by atoms with van der Waals surface area (Å²) in [6.07, 6.45) is 3.45. The molecule has 1 aromatic carbocycles. The van der Waals surface area contributed by atoms with Crippen molar-refractivity contribution in [3.8, 4) is 11.5 Å². The van der Waals surface area contributed by atoms with Crippen molar-refractivity contribution in [2.75, 3.05) is 24.9 Å². The van der Waals surface area contributed by atoms with Crippen LogP contribution in [0.25, 0.3) is 0 Å². The van der Waals surface area contributed by atoms with Gasteiger partial charge in [0.25, 0.3) is 5.91 Å². The maximum atomic E-state index is 12.7. The fourth-order valence-electron chi connectivity index (χ4n) is 2.56. The monoisotopic (exact) mass is 379 g/mol. The molecule has 0 saturated carbocycles. The van der Waals surface area contributed by atoms with Crippen LogP contribution in [0.4, 0.5) is 11.5 Å². The van der Waals surface area contributed by atoms with Gasteiger partial charge in [0.05, 0.1) is 19.9 Å².